The molecule has 4 N–H and O–H groups in total. The van der Waals surface area contributed by atoms with Gasteiger partial charge in [0.15, 0.2) is 0 Å². The zero-order valence-electron chi connectivity index (χ0n) is 35.5. The molecule has 0 spiro atoms. The van der Waals surface area contributed by atoms with Gasteiger partial charge in [-0.15, -0.1) is 0 Å². The molecule has 8 heteroatoms. The van der Waals surface area contributed by atoms with Gasteiger partial charge in [0.05, 0.1) is 11.1 Å². The van der Waals surface area contributed by atoms with Crippen LogP contribution in [0.2, 0.25) is 0 Å². The summed E-state index contributed by atoms with van der Waals surface area (Å²) in [5.41, 5.74) is 18.0. The summed E-state index contributed by atoms with van der Waals surface area (Å²) < 4.78 is 0. The van der Waals surface area contributed by atoms with Gasteiger partial charge in [0, 0.05) is 50.0 Å². The number of hydrogen-bond acceptors (Lipinski definition) is 6. The van der Waals surface area contributed by atoms with Crippen molar-refractivity contribution in [2.45, 2.75) is 104 Å². The summed E-state index contributed by atoms with van der Waals surface area (Å²) in [6.45, 7) is 14.9. The van der Waals surface area contributed by atoms with E-state index >= 15 is 0 Å². The van der Waals surface area contributed by atoms with Crippen LogP contribution in [-0.4, -0.2) is 32.1 Å². The quantitative estimate of drug-likeness (QED) is 0.0964. The SMILES string of the molecule is Cc1cc(C(C)C)ccc1-c1ccc2c(c1)CN[C@@H]2CCc1cnccc1C(=O)O.Cc1cc(C(C)C)ccc1-c1ccc2c(c1)CN[C@H]2CCc1cnccc1C(=O)O. The standard InChI is InChI=1S/2C26H28N2O2/c2*1-16(2)18-4-7-22(17(3)12-18)19-5-8-23-21(13-19)15-28-25(23)9-6-20-14-27-11-10-24(20)26(29)30/h2*4-5,7-8,10-14,16,25,28H,6,9,15H2,1-3H3,(H,29,30)/t2*25-/m10/s1. The van der Waals surface area contributed by atoms with E-state index in [1.807, 2.05) is 0 Å². The number of pyridine rings is 2. The molecule has 4 aromatic carbocycles. The van der Waals surface area contributed by atoms with Crippen LogP contribution in [0.4, 0.5) is 0 Å². The smallest absolute Gasteiger partial charge is 0.336 e. The monoisotopic (exact) mass is 800 g/mol. The molecule has 2 atom stereocenters. The zero-order valence-corrected chi connectivity index (χ0v) is 35.5. The van der Waals surface area contributed by atoms with Crippen LogP contribution in [0.3, 0.4) is 0 Å². The summed E-state index contributed by atoms with van der Waals surface area (Å²) >= 11 is 0. The number of hydrogen-bond donors (Lipinski definition) is 4. The highest BCUT2D eigenvalue weighted by Crippen LogP contribution is 2.36. The third-order valence-electron chi connectivity index (χ3n) is 12.2. The Kier molecular flexibility index (Phi) is 13.0. The number of aryl methyl sites for hydroxylation is 4. The van der Waals surface area contributed by atoms with Gasteiger partial charge >= 0.3 is 11.9 Å². The molecule has 0 saturated heterocycles. The van der Waals surface area contributed by atoms with Gasteiger partial charge in [0.1, 0.15) is 0 Å². The average molecular weight is 801 g/mol. The fraction of sp³-hybridized carbons (Fsp3) is 0.308. The molecule has 60 heavy (non-hydrogen) atoms. The van der Waals surface area contributed by atoms with Gasteiger partial charge in [-0.2, -0.15) is 0 Å². The van der Waals surface area contributed by atoms with Gasteiger partial charge in [0.2, 0.25) is 0 Å². The largest absolute Gasteiger partial charge is 0.478 e. The molecule has 0 unspecified atom stereocenters. The number of aromatic carboxylic acids is 2. The van der Waals surface area contributed by atoms with Crippen molar-refractivity contribution in [3.63, 3.8) is 0 Å². The van der Waals surface area contributed by atoms with Crippen molar-refractivity contribution in [1.29, 1.82) is 0 Å². The number of carbonyl (C=O) groups is 2. The third kappa shape index (κ3) is 9.41. The fourth-order valence-corrected chi connectivity index (χ4v) is 8.74. The van der Waals surface area contributed by atoms with Gasteiger partial charge in [-0.1, -0.05) is 88.4 Å². The van der Waals surface area contributed by atoms with Crippen molar-refractivity contribution < 1.29 is 19.8 Å². The maximum absolute atomic E-state index is 11.4. The minimum atomic E-state index is -0.893. The summed E-state index contributed by atoms with van der Waals surface area (Å²) in [5.74, 6) is -0.722. The molecule has 0 saturated carbocycles. The van der Waals surface area contributed by atoms with Gasteiger partial charge < -0.3 is 20.8 Å². The Morgan fingerprint density at radius 1 is 0.600 bits per heavy atom. The predicted octanol–water partition coefficient (Wildman–Crippen LogP) is 11.3. The third-order valence-corrected chi connectivity index (χ3v) is 12.2. The van der Waals surface area contributed by atoms with Gasteiger partial charge in [0.25, 0.3) is 0 Å². The number of carboxylic acids is 2. The second kappa shape index (κ2) is 18.5. The average Bonchev–Trinajstić information content (AvgIpc) is 3.85. The van der Waals surface area contributed by atoms with Crippen LogP contribution >= 0.6 is 0 Å². The van der Waals surface area contributed by atoms with E-state index in [-0.39, 0.29) is 12.1 Å². The van der Waals surface area contributed by atoms with Crippen LogP contribution in [0, 0.1) is 13.8 Å². The Balaban J connectivity index is 0.000000181. The first-order valence-corrected chi connectivity index (χ1v) is 21.1. The fourth-order valence-electron chi connectivity index (χ4n) is 8.74. The van der Waals surface area contributed by atoms with E-state index in [9.17, 15) is 19.8 Å². The Bertz CT molecular complexity index is 2350. The van der Waals surface area contributed by atoms with E-state index in [0.717, 1.165) is 37.1 Å². The highest BCUT2D eigenvalue weighted by Gasteiger charge is 2.25. The zero-order chi connectivity index (χ0) is 42.5. The van der Waals surface area contributed by atoms with Crippen LogP contribution in [0.5, 0.6) is 0 Å². The molecule has 0 amide bonds. The van der Waals surface area contributed by atoms with Crippen molar-refractivity contribution in [2.24, 2.45) is 0 Å². The number of carboxylic acid groups (broad SMARTS) is 2. The molecule has 8 rings (SSSR count). The summed E-state index contributed by atoms with van der Waals surface area (Å²) in [6, 6.07) is 30.6. The second-order valence-electron chi connectivity index (χ2n) is 16.9. The van der Waals surface area contributed by atoms with Gasteiger partial charge in [-0.25, -0.2) is 9.59 Å². The maximum atomic E-state index is 11.4. The molecule has 0 fully saturated rings. The first kappa shape index (κ1) is 42.2. The first-order chi connectivity index (χ1) is 28.9. The van der Waals surface area contributed by atoms with Gasteiger partial charge in [-0.3, -0.25) is 9.97 Å². The van der Waals surface area contributed by atoms with Crippen molar-refractivity contribution in [2.75, 3.05) is 0 Å². The summed E-state index contributed by atoms with van der Waals surface area (Å²) in [7, 11) is 0. The van der Waals surface area contributed by atoms with Crippen LogP contribution < -0.4 is 10.6 Å². The van der Waals surface area contributed by atoms with E-state index in [1.165, 1.54) is 79.2 Å². The molecule has 308 valence electrons. The molecule has 2 aliphatic heterocycles. The topological polar surface area (TPSA) is 124 Å². The Morgan fingerprint density at radius 2 is 1.02 bits per heavy atom. The molecule has 0 aliphatic carbocycles. The molecule has 4 heterocycles. The van der Waals surface area contributed by atoms with E-state index in [2.05, 4.69) is 135 Å². The minimum Gasteiger partial charge on any atom is -0.478 e. The molecule has 2 aliphatic rings. The van der Waals surface area contributed by atoms with Gasteiger partial charge in [-0.05, 0) is 154 Å². The molecule has 6 aromatic rings. The molecule has 0 bridgehead atoms. The number of benzene rings is 4. The predicted molar refractivity (Wildman–Crippen MR) is 240 cm³/mol. The number of nitrogens with one attached hydrogen (secondary N) is 2. The lowest BCUT2D eigenvalue weighted by Gasteiger charge is -2.14. The van der Waals surface area contributed by atoms with E-state index in [1.54, 1.807) is 24.5 Å². The van der Waals surface area contributed by atoms with Crippen molar-refractivity contribution in [1.82, 2.24) is 20.6 Å². The number of nitrogens with zero attached hydrogens (tertiary/aromatic N) is 2. The molecular formula is C52H56N4O4. The van der Waals surface area contributed by atoms with Crippen molar-refractivity contribution >= 4 is 11.9 Å². The van der Waals surface area contributed by atoms with Crippen LogP contribution in [0.15, 0.2) is 110 Å². The van der Waals surface area contributed by atoms with Crippen molar-refractivity contribution in [3.8, 4) is 22.3 Å². The highest BCUT2D eigenvalue weighted by atomic mass is 16.4. The minimum absolute atomic E-state index is 0.236. The van der Waals surface area contributed by atoms with E-state index in [0.29, 0.717) is 35.8 Å². The number of aromatic nitrogens is 2. The normalized spacial score (nSPS) is 15.4. The Labute approximate surface area is 354 Å². The van der Waals surface area contributed by atoms with Crippen molar-refractivity contribution in [3.05, 3.63) is 176 Å². The molecule has 2 aromatic heterocycles. The highest BCUT2D eigenvalue weighted by molar-refractivity contribution is 5.89. The first-order valence-electron chi connectivity index (χ1n) is 21.1. The number of fused-ring (bicyclic) bond motifs is 2. The van der Waals surface area contributed by atoms with Crippen LogP contribution in [-0.2, 0) is 25.9 Å². The van der Waals surface area contributed by atoms with Crippen LogP contribution in [0.25, 0.3) is 22.3 Å². The van der Waals surface area contributed by atoms with E-state index < -0.39 is 11.9 Å². The second-order valence-corrected chi connectivity index (χ2v) is 16.9. The Morgan fingerprint density at radius 3 is 1.38 bits per heavy atom. The van der Waals surface area contributed by atoms with E-state index in [4.69, 9.17) is 0 Å². The Hall–Kier alpha value is -5.96. The maximum Gasteiger partial charge on any atom is 0.336 e. The molecule has 0 radical (unpaired) electrons. The van der Waals surface area contributed by atoms with Crippen LogP contribution in [0.1, 0.15) is 141 Å². The molecular weight excluding hydrogens is 745 g/mol. The summed E-state index contributed by atoms with van der Waals surface area (Å²) in [4.78, 5) is 31.1. The lowest BCUT2D eigenvalue weighted by atomic mass is 9.91. The lowest BCUT2D eigenvalue weighted by Crippen LogP contribution is -2.13. The summed E-state index contributed by atoms with van der Waals surface area (Å²) in [6.07, 6.45) is 9.48. The lowest BCUT2D eigenvalue weighted by molar-refractivity contribution is 0.0684. The summed E-state index contributed by atoms with van der Waals surface area (Å²) in [5, 5.41) is 25.9. The molecule has 8 nitrogen and oxygen atoms in total. The number of rotatable bonds is 12.